The summed E-state index contributed by atoms with van der Waals surface area (Å²) in [7, 11) is 0. The molecule has 0 saturated heterocycles. The molecule has 0 aliphatic carbocycles. The average molecular weight is 297 g/mol. The zero-order valence-corrected chi connectivity index (χ0v) is 11.4. The first-order valence-electron chi connectivity index (χ1n) is 5.12. The molecule has 1 unspecified atom stereocenters. The summed E-state index contributed by atoms with van der Waals surface area (Å²) in [5.41, 5.74) is 3.40. The summed E-state index contributed by atoms with van der Waals surface area (Å²) < 4.78 is 1.06. The van der Waals surface area contributed by atoms with Gasteiger partial charge in [-0.15, -0.1) is 11.3 Å². The first kappa shape index (κ1) is 11.8. The van der Waals surface area contributed by atoms with Crippen molar-refractivity contribution in [3.63, 3.8) is 0 Å². The first-order chi connectivity index (χ1) is 7.65. The van der Waals surface area contributed by atoms with Gasteiger partial charge in [0.2, 0.25) is 0 Å². The highest BCUT2D eigenvalue weighted by atomic mass is 79.9. The zero-order valence-electron chi connectivity index (χ0n) is 8.98. The van der Waals surface area contributed by atoms with E-state index in [4.69, 9.17) is 0 Å². The molecule has 0 radical (unpaired) electrons. The lowest BCUT2D eigenvalue weighted by molar-refractivity contribution is 0.179. The average Bonchev–Trinajstić information content (AvgIpc) is 2.68. The van der Waals surface area contributed by atoms with Crippen molar-refractivity contribution < 1.29 is 5.11 Å². The third-order valence-electron chi connectivity index (χ3n) is 2.52. The number of aryl methyl sites for hydroxylation is 1. The Kier molecular flexibility index (Phi) is 3.79. The Labute approximate surface area is 108 Å². The van der Waals surface area contributed by atoms with E-state index in [1.807, 2.05) is 11.4 Å². The van der Waals surface area contributed by atoms with E-state index in [0.29, 0.717) is 6.42 Å². The third kappa shape index (κ3) is 2.94. The number of aliphatic hydroxyl groups excluding tert-OH is 1. The maximum absolute atomic E-state index is 10.0. The second-order valence-corrected chi connectivity index (χ2v) is 6.18. The minimum Gasteiger partial charge on any atom is -0.388 e. The van der Waals surface area contributed by atoms with Crippen molar-refractivity contribution >= 4 is 27.3 Å². The third-order valence-corrected chi connectivity index (χ3v) is 4.04. The van der Waals surface area contributed by atoms with E-state index < -0.39 is 6.10 Å². The van der Waals surface area contributed by atoms with Gasteiger partial charge in [-0.05, 0) is 45.4 Å². The van der Waals surface area contributed by atoms with Crippen LogP contribution >= 0.6 is 27.3 Å². The molecule has 0 bridgehead atoms. The van der Waals surface area contributed by atoms with Gasteiger partial charge in [0.05, 0.1) is 9.89 Å². The normalized spacial score (nSPS) is 12.7. The minimum atomic E-state index is -0.412. The second kappa shape index (κ2) is 5.13. The number of hydrogen-bond donors (Lipinski definition) is 1. The standard InChI is InChI=1S/C13H13BrOS/c1-9-2-4-10(5-3-9)6-12(15)11-7-13(14)16-8-11/h2-5,7-8,12,15H,6H2,1H3. The lowest BCUT2D eigenvalue weighted by atomic mass is 10.0. The SMILES string of the molecule is Cc1ccc(CC(O)c2csc(Br)c2)cc1. The van der Waals surface area contributed by atoms with Crippen molar-refractivity contribution in [1.29, 1.82) is 0 Å². The highest BCUT2D eigenvalue weighted by molar-refractivity contribution is 9.11. The second-order valence-electron chi connectivity index (χ2n) is 3.89. The summed E-state index contributed by atoms with van der Waals surface area (Å²) in [5.74, 6) is 0. The molecule has 0 saturated carbocycles. The number of halogens is 1. The highest BCUT2D eigenvalue weighted by Gasteiger charge is 2.10. The molecule has 0 amide bonds. The fraction of sp³-hybridized carbons (Fsp3) is 0.231. The highest BCUT2D eigenvalue weighted by Crippen LogP contribution is 2.27. The van der Waals surface area contributed by atoms with Crippen molar-refractivity contribution in [3.8, 4) is 0 Å². The van der Waals surface area contributed by atoms with Crippen LogP contribution in [0.4, 0.5) is 0 Å². The molecule has 16 heavy (non-hydrogen) atoms. The molecule has 3 heteroatoms. The maximum Gasteiger partial charge on any atom is 0.0838 e. The van der Waals surface area contributed by atoms with Gasteiger partial charge in [0.15, 0.2) is 0 Å². The van der Waals surface area contributed by atoms with Crippen LogP contribution in [-0.4, -0.2) is 5.11 Å². The van der Waals surface area contributed by atoms with Crippen LogP contribution in [0, 0.1) is 6.92 Å². The Morgan fingerprint density at radius 2 is 2.00 bits per heavy atom. The van der Waals surface area contributed by atoms with Crippen LogP contribution in [0.1, 0.15) is 22.8 Å². The van der Waals surface area contributed by atoms with Crippen molar-refractivity contribution in [3.05, 3.63) is 56.2 Å². The Balaban J connectivity index is 2.07. The van der Waals surface area contributed by atoms with Gasteiger partial charge in [-0.25, -0.2) is 0 Å². The smallest absolute Gasteiger partial charge is 0.0838 e. The number of aliphatic hydroxyl groups is 1. The number of hydrogen-bond acceptors (Lipinski definition) is 2. The fourth-order valence-electron chi connectivity index (χ4n) is 1.56. The van der Waals surface area contributed by atoms with Gasteiger partial charge in [0.1, 0.15) is 0 Å². The van der Waals surface area contributed by atoms with Gasteiger partial charge in [-0.1, -0.05) is 29.8 Å². The van der Waals surface area contributed by atoms with E-state index in [1.54, 1.807) is 11.3 Å². The molecule has 0 aliphatic rings. The molecule has 1 heterocycles. The van der Waals surface area contributed by atoms with Crippen LogP contribution < -0.4 is 0 Å². The Hall–Kier alpha value is -0.640. The van der Waals surface area contributed by atoms with E-state index in [9.17, 15) is 5.11 Å². The molecule has 84 valence electrons. The van der Waals surface area contributed by atoms with Gasteiger partial charge in [-0.2, -0.15) is 0 Å². The molecule has 2 rings (SSSR count). The predicted molar refractivity (Wildman–Crippen MR) is 71.9 cm³/mol. The van der Waals surface area contributed by atoms with Crippen molar-refractivity contribution in [1.82, 2.24) is 0 Å². The van der Waals surface area contributed by atoms with Gasteiger partial charge in [0, 0.05) is 6.42 Å². The Morgan fingerprint density at radius 1 is 1.31 bits per heavy atom. The number of rotatable bonds is 3. The van der Waals surface area contributed by atoms with Crippen LogP contribution in [0.25, 0.3) is 0 Å². The van der Waals surface area contributed by atoms with Gasteiger partial charge in [-0.3, -0.25) is 0 Å². The van der Waals surface area contributed by atoms with E-state index in [-0.39, 0.29) is 0 Å². The zero-order chi connectivity index (χ0) is 11.5. The van der Waals surface area contributed by atoms with Crippen LogP contribution in [0.5, 0.6) is 0 Å². The summed E-state index contributed by atoms with van der Waals surface area (Å²) in [6.45, 7) is 2.07. The summed E-state index contributed by atoms with van der Waals surface area (Å²) in [6.07, 6.45) is 0.258. The monoisotopic (exact) mass is 296 g/mol. The Morgan fingerprint density at radius 3 is 2.56 bits per heavy atom. The predicted octanol–water partition coefficient (Wildman–Crippen LogP) is 4.10. The first-order valence-corrected chi connectivity index (χ1v) is 6.80. The van der Waals surface area contributed by atoms with E-state index in [1.165, 1.54) is 11.1 Å². The minimum absolute atomic E-state index is 0.412. The van der Waals surface area contributed by atoms with E-state index in [2.05, 4.69) is 47.1 Å². The maximum atomic E-state index is 10.0. The lowest BCUT2D eigenvalue weighted by Crippen LogP contribution is -2.00. The molecular weight excluding hydrogens is 284 g/mol. The molecule has 2 aromatic rings. The largest absolute Gasteiger partial charge is 0.388 e. The van der Waals surface area contributed by atoms with Gasteiger partial charge in [0.25, 0.3) is 0 Å². The molecule has 0 spiro atoms. The molecule has 1 aromatic carbocycles. The number of thiophene rings is 1. The molecule has 1 aromatic heterocycles. The van der Waals surface area contributed by atoms with E-state index in [0.717, 1.165) is 9.35 Å². The van der Waals surface area contributed by atoms with Crippen LogP contribution in [0.15, 0.2) is 39.5 Å². The molecule has 1 nitrogen and oxygen atoms in total. The lowest BCUT2D eigenvalue weighted by Gasteiger charge is -2.08. The quantitative estimate of drug-likeness (QED) is 0.904. The van der Waals surface area contributed by atoms with Gasteiger partial charge >= 0.3 is 0 Å². The van der Waals surface area contributed by atoms with Crippen LogP contribution in [0.3, 0.4) is 0 Å². The summed E-state index contributed by atoms with van der Waals surface area (Å²) >= 11 is 5.01. The summed E-state index contributed by atoms with van der Waals surface area (Å²) in [5, 5.41) is 12.0. The van der Waals surface area contributed by atoms with Crippen molar-refractivity contribution in [2.24, 2.45) is 0 Å². The summed E-state index contributed by atoms with van der Waals surface area (Å²) in [6, 6.07) is 10.3. The van der Waals surface area contributed by atoms with E-state index >= 15 is 0 Å². The summed E-state index contributed by atoms with van der Waals surface area (Å²) in [4.78, 5) is 0. The topological polar surface area (TPSA) is 20.2 Å². The van der Waals surface area contributed by atoms with Crippen molar-refractivity contribution in [2.45, 2.75) is 19.4 Å². The fourth-order valence-corrected chi connectivity index (χ4v) is 2.79. The Bertz CT molecular complexity index is 461. The van der Waals surface area contributed by atoms with Crippen LogP contribution in [-0.2, 0) is 6.42 Å². The molecule has 0 fully saturated rings. The van der Waals surface area contributed by atoms with Gasteiger partial charge < -0.3 is 5.11 Å². The molecular formula is C13H13BrOS. The van der Waals surface area contributed by atoms with Crippen molar-refractivity contribution in [2.75, 3.05) is 0 Å². The molecule has 1 N–H and O–H groups in total. The molecule has 0 aliphatic heterocycles. The number of benzene rings is 1. The molecule has 1 atom stereocenters. The van der Waals surface area contributed by atoms with Crippen LogP contribution in [0.2, 0.25) is 0 Å².